The summed E-state index contributed by atoms with van der Waals surface area (Å²) in [7, 11) is 1.44. The van der Waals surface area contributed by atoms with Crippen LogP contribution in [0.3, 0.4) is 0 Å². The van der Waals surface area contributed by atoms with Crippen LogP contribution >= 0.6 is 0 Å². The van der Waals surface area contributed by atoms with E-state index in [2.05, 4.69) is 29.3 Å². The molecule has 1 unspecified atom stereocenters. The summed E-state index contributed by atoms with van der Waals surface area (Å²) in [5, 5.41) is 3.22. The lowest BCUT2D eigenvalue weighted by Crippen LogP contribution is -2.45. The number of hydrogen-bond acceptors (Lipinski definition) is 4. The van der Waals surface area contributed by atoms with Crippen LogP contribution in [0.25, 0.3) is 11.1 Å². The highest BCUT2D eigenvalue weighted by Gasteiger charge is 2.30. The molecule has 5 nitrogen and oxygen atoms in total. The smallest absolute Gasteiger partial charge is 0.306 e. The summed E-state index contributed by atoms with van der Waals surface area (Å²) in [5.41, 5.74) is 3.12. The van der Waals surface area contributed by atoms with Crippen LogP contribution in [0.1, 0.15) is 54.9 Å². The van der Waals surface area contributed by atoms with E-state index in [-0.39, 0.29) is 29.2 Å². The van der Waals surface area contributed by atoms with Gasteiger partial charge in [-0.2, -0.15) is 0 Å². The fourth-order valence-corrected chi connectivity index (χ4v) is 5.39. The molecule has 1 N–H and O–H groups in total. The van der Waals surface area contributed by atoms with Gasteiger partial charge < -0.3 is 15.0 Å². The fraction of sp³-hybridized carbons (Fsp3) is 0.375. The van der Waals surface area contributed by atoms with Crippen LogP contribution in [-0.2, 0) is 14.9 Å². The van der Waals surface area contributed by atoms with Gasteiger partial charge in [0.25, 0.3) is 5.91 Å². The van der Waals surface area contributed by atoms with Crippen LogP contribution in [0.15, 0.2) is 78.9 Å². The van der Waals surface area contributed by atoms with Crippen molar-refractivity contribution in [2.24, 2.45) is 0 Å². The molecule has 0 bridgehead atoms. The van der Waals surface area contributed by atoms with Gasteiger partial charge in [-0.25, -0.2) is 4.39 Å². The molecule has 200 valence electrons. The number of nitrogens with one attached hydrogen (secondary N) is 1. The molecule has 0 aromatic heterocycles. The minimum atomic E-state index is -0.296. The highest BCUT2D eigenvalue weighted by molar-refractivity contribution is 6.01. The number of nitrogens with zero attached hydrogens (tertiary/aromatic N) is 1. The number of rotatable bonds is 10. The minimum Gasteiger partial charge on any atom is -0.469 e. The molecule has 0 radical (unpaired) electrons. The van der Waals surface area contributed by atoms with Crippen LogP contribution in [0.4, 0.5) is 4.39 Å². The van der Waals surface area contributed by atoms with Crippen molar-refractivity contribution in [2.45, 2.75) is 50.5 Å². The number of carbonyl (C=O) groups is 2. The summed E-state index contributed by atoms with van der Waals surface area (Å²) in [6.07, 6.45) is 4.01. The quantitative estimate of drug-likeness (QED) is 0.337. The van der Waals surface area contributed by atoms with Crippen molar-refractivity contribution in [3.63, 3.8) is 0 Å². The molecule has 38 heavy (non-hydrogen) atoms. The molecule has 4 rings (SSSR count). The van der Waals surface area contributed by atoms with Crippen molar-refractivity contribution in [3.05, 3.63) is 95.8 Å². The molecular weight excluding hydrogens is 479 g/mol. The van der Waals surface area contributed by atoms with Crippen LogP contribution in [0.5, 0.6) is 0 Å². The molecule has 0 saturated carbocycles. The van der Waals surface area contributed by atoms with Crippen LogP contribution < -0.4 is 5.32 Å². The molecule has 1 saturated heterocycles. The van der Waals surface area contributed by atoms with Gasteiger partial charge in [-0.05, 0) is 67.1 Å². The average Bonchev–Trinajstić information content (AvgIpc) is 2.95. The van der Waals surface area contributed by atoms with Gasteiger partial charge in [-0.3, -0.25) is 9.59 Å². The summed E-state index contributed by atoms with van der Waals surface area (Å²) in [6, 6.07) is 24.0. The SMILES string of the molecule is COC(=O)CC(C)(CCCN1CCC(NC(=O)c2ccccc2-c2ccc(F)cc2)CC1)c1ccccc1. The Kier molecular flexibility index (Phi) is 9.29. The Hall–Kier alpha value is -3.51. The molecule has 0 aliphatic carbocycles. The summed E-state index contributed by atoms with van der Waals surface area (Å²) in [5.74, 6) is -0.575. The molecule has 0 spiro atoms. The fourth-order valence-electron chi connectivity index (χ4n) is 5.39. The molecular formula is C32H37FN2O3. The normalized spacial score (nSPS) is 16.0. The minimum absolute atomic E-state index is 0.0928. The lowest BCUT2D eigenvalue weighted by atomic mass is 9.76. The first-order chi connectivity index (χ1) is 18.4. The van der Waals surface area contributed by atoms with E-state index >= 15 is 0 Å². The zero-order valence-corrected chi connectivity index (χ0v) is 22.3. The molecule has 1 amide bonds. The van der Waals surface area contributed by atoms with Crippen LogP contribution in [0.2, 0.25) is 0 Å². The first-order valence-corrected chi connectivity index (χ1v) is 13.4. The predicted molar refractivity (Wildman–Crippen MR) is 148 cm³/mol. The molecule has 1 atom stereocenters. The van der Waals surface area contributed by atoms with Crippen molar-refractivity contribution in [3.8, 4) is 11.1 Å². The second kappa shape index (κ2) is 12.8. The topological polar surface area (TPSA) is 58.6 Å². The Morgan fingerprint density at radius 3 is 2.32 bits per heavy atom. The van der Waals surface area contributed by atoms with Gasteiger partial charge in [0.1, 0.15) is 5.82 Å². The maximum Gasteiger partial charge on any atom is 0.306 e. The number of likely N-dealkylation sites (tertiary alicyclic amines) is 1. The molecule has 1 heterocycles. The highest BCUT2D eigenvalue weighted by Crippen LogP contribution is 2.33. The van der Waals surface area contributed by atoms with E-state index in [0.717, 1.165) is 62.0 Å². The van der Waals surface area contributed by atoms with E-state index < -0.39 is 0 Å². The number of esters is 1. The molecule has 1 aliphatic rings. The molecule has 1 fully saturated rings. The first-order valence-electron chi connectivity index (χ1n) is 13.4. The largest absolute Gasteiger partial charge is 0.469 e. The summed E-state index contributed by atoms with van der Waals surface area (Å²) < 4.78 is 18.4. The predicted octanol–water partition coefficient (Wildman–Crippen LogP) is 5.99. The highest BCUT2D eigenvalue weighted by atomic mass is 19.1. The maximum absolute atomic E-state index is 13.4. The average molecular weight is 517 g/mol. The zero-order chi connectivity index (χ0) is 27.0. The van der Waals surface area contributed by atoms with E-state index in [1.165, 1.54) is 19.2 Å². The Labute approximate surface area is 225 Å². The summed E-state index contributed by atoms with van der Waals surface area (Å²) >= 11 is 0. The van der Waals surface area contributed by atoms with Crippen molar-refractivity contribution < 1.29 is 18.7 Å². The van der Waals surface area contributed by atoms with Gasteiger partial charge in [0.2, 0.25) is 0 Å². The molecule has 3 aromatic carbocycles. The van der Waals surface area contributed by atoms with Crippen molar-refractivity contribution in [2.75, 3.05) is 26.7 Å². The first kappa shape index (κ1) is 27.5. The number of hydrogen-bond donors (Lipinski definition) is 1. The second-order valence-electron chi connectivity index (χ2n) is 10.4. The standard InChI is InChI=1S/C32H37FN2O3/c1-32(23-30(36)38-2,25-9-4-3-5-10-25)19-8-20-35-21-17-27(18-22-35)34-31(37)29-12-7-6-11-28(29)24-13-15-26(33)16-14-24/h3-7,9-16,27H,8,17-23H2,1-2H3,(H,34,37). The summed E-state index contributed by atoms with van der Waals surface area (Å²) in [6.45, 7) is 4.94. The number of benzene rings is 3. The maximum atomic E-state index is 13.4. The van der Waals surface area contributed by atoms with Crippen LogP contribution in [-0.4, -0.2) is 49.6 Å². The lowest BCUT2D eigenvalue weighted by molar-refractivity contribution is -0.142. The van der Waals surface area contributed by atoms with E-state index in [1.54, 1.807) is 12.1 Å². The van der Waals surface area contributed by atoms with Crippen molar-refractivity contribution in [1.29, 1.82) is 0 Å². The number of ether oxygens (including phenoxy) is 1. The molecule has 6 heteroatoms. The molecule has 3 aromatic rings. The third-order valence-corrected chi connectivity index (χ3v) is 7.69. The van der Waals surface area contributed by atoms with E-state index in [0.29, 0.717) is 12.0 Å². The van der Waals surface area contributed by atoms with E-state index in [1.807, 2.05) is 42.5 Å². The Bertz CT molecular complexity index is 1210. The third-order valence-electron chi connectivity index (χ3n) is 7.69. The van der Waals surface area contributed by atoms with Crippen molar-refractivity contribution >= 4 is 11.9 Å². The Balaban J connectivity index is 1.28. The number of piperidine rings is 1. The number of carbonyl (C=O) groups excluding carboxylic acids is 2. The molecule has 1 aliphatic heterocycles. The monoisotopic (exact) mass is 516 g/mol. The van der Waals surface area contributed by atoms with Gasteiger partial charge >= 0.3 is 5.97 Å². The van der Waals surface area contributed by atoms with Gasteiger partial charge in [0, 0.05) is 30.1 Å². The van der Waals surface area contributed by atoms with Crippen LogP contribution in [0, 0.1) is 5.82 Å². The zero-order valence-electron chi connectivity index (χ0n) is 22.3. The Morgan fingerprint density at radius 2 is 1.63 bits per heavy atom. The van der Waals surface area contributed by atoms with Crippen molar-refractivity contribution in [1.82, 2.24) is 10.2 Å². The van der Waals surface area contributed by atoms with E-state index in [9.17, 15) is 14.0 Å². The number of methoxy groups -OCH3 is 1. The summed E-state index contributed by atoms with van der Waals surface area (Å²) in [4.78, 5) is 27.7. The number of amides is 1. The number of halogens is 1. The lowest BCUT2D eigenvalue weighted by Gasteiger charge is -2.34. The second-order valence-corrected chi connectivity index (χ2v) is 10.4. The van der Waals surface area contributed by atoms with E-state index in [4.69, 9.17) is 4.74 Å². The van der Waals surface area contributed by atoms with Gasteiger partial charge in [-0.15, -0.1) is 0 Å². The van der Waals surface area contributed by atoms with Gasteiger partial charge in [0.15, 0.2) is 0 Å². The van der Waals surface area contributed by atoms with Gasteiger partial charge in [-0.1, -0.05) is 67.6 Å². The Morgan fingerprint density at radius 1 is 0.974 bits per heavy atom. The third kappa shape index (κ3) is 7.07. The van der Waals surface area contributed by atoms with Gasteiger partial charge in [0.05, 0.1) is 13.5 Å².